The molecule has 6 heteroatoms. The summed E-state index contributed by atoms with van der Waals surface area (Å²) in [4.78, 5) is 16.3. The maximum absolute atomic E-state index is 12.1. The average molecular weight is 327 g/mol. The van der Waals surface area contributed by atoms with Crippen molar-refractivity contribution < 1.29 is 9.53 Å². The van der Waals surface area contributed by atoms with Gasteiger partial charge in [0.1, 0.15) is 5.75 Å². The molecule has 1 amide bonds. The number of amides is 1. The van der Waals surface area contributed by atoms with Gasteiger partial charge in [0.15, 0.2) is 5.13 Å². The van der Waals surface area contributed by atoms with Crippen LogP contribution in [0.3, 0.4) is 0 Å². The van der Waals surface area contributed by atoms with Gasteiger partial charge >= 0.3 is 0 Å². The van der Waals surface area contributed by atoms with Crippen LogP contribution in [-0.4, -0.2) is 18.0 Å². The molecule has 0 aliphatic heterocycles. The fourth-order valence-electron chi connectivity index (χ4n) is 1.43. The predicted molar refractivity (Wildman–Crippen MR) is 75.5 cm³/mol. The van der Waals surface area contributed by atoms with E-state index in [2.05, 4.69) is 26.2 Å². The number of rotatable bonds is 3. The van der Waals surface area contributed by atoms with E-state index in [0.717, 1.165) is 10.2 Å². The summed E-state index contributed by atoms with van der Waals surface area (Å²) >= 11 is 4.73. The van der Waals surface area contributed by atoms with Crippen LogP contribution in [0.2, 0.25) is 0 Å². The first-order valence-electron chi connectivity index (χ1n) is 5.17. The SMILES string of the molecule is COc1cc(Br)ccc1C(=O)Nc1nc(C)cs1. The minimum atomic E-state index is -0.228. The molecular formula is C12H11BrN2O2S. The summed E-state index contributed by atoms with van der Waals surface area (Å²) in [7, 11) is 1.53. The molecule has 1 N–H and O–H groups in total. The zero-order valence-electron chi connectivity index (χ0n) is 9.86. The lowest BCUT2D eigenvalue weighted by molar-refractivity contribution is 0.102. The number of anilines is 1. The molecule has 0 aliphatic carbocycles. The topological polar surface area (TPSA) is 51.2 Å². The van der Waals surface area contributed by atoms with Crippen LogP contribution in [0, 0.1) is 6.92 Å². The van der Waals surface area contributed by atoms with Crippen LogP contribution in [0.4, 0.5) is 5.13 Å². The third-order valence-corrected chi connectivity index (χ3v) is 3.62. The van der Waals surface area contributed by atoms with Crippen LogP contribution in [0.15, 0.2) is 28.1 Å². The van der Waals surface area contributed by atoms with Gasteiger partial charge < -0.3 is 4.74 Å². The molecule has 94 valence electrons. The van der Waals surface area contributed by atoms with Crippen LogP contribution < -0.4 is 10.1 Å². The second-order valence-electron chi connectivity index (χ2n) is 3.59. The van der Waals surface area contributed by atoms with Gasteiger partial charge in [-0.05, 0) is 25.1 Å². The highest BCUT2D eigenvalue weighted by Gasteiger charge is 2.13. The maximum atomic E-state index is 12.1. The molecule has 18 heavy (non-hydrogen) atoms. The molecule has 0 atom stereocenters. The van der Waals surface area contributed by atoms with E-state index in [1.165, 1.54) is 18.4 Å². The van der Waals surface area contributed by atoms with Gasteiger partial charge in [-0.25, -0.2) is 4.98 Å². The molecule has 0 bridgehead atoms. The highest BCUT2D eigenvalue weighted by molar-refractivity contribution is 9.10. The molecule has 0 spiro atoms. The highest BCUT2D eigenvalue weighted by atomic mass is 79.9. The van der Waals surface area contributed by atoms with E-state index in [4.69, 9.17) is 4.74 Å². The number of halogens is 1. The van der Waals surface area contributed by atoms with Gasteiger partial charge in [-0.15, -0.1) is 11.3 Å². The van der Waals surface area contributed by atoms with Crippen LogP contribution in [-0.2, 0) is 0 Å². The number of nitrogens with one attached hydrogen (secondary N) is 1. The number of carbonyl (C=O) groups is 1. The lowest BCUT2D eigenvalue weighted by atomic mass is 10.2. The monoisotopic (exact) mass is 326 g/mol. The molecule has 2 aromatic rings. The predicted octanol–water partition coefficient (Wildman–Crippen LogP) is 3.47. The van der Waals surface area contributed by atoms with Crippen molar-refractivity contribution in [1.29, 1.82) is 0 Å². The van der Waals surface area contributed by atoms with Crippen molar-refractivity contribution in [3.05, 3.63) is 39.3 Å². The summed E-state index contributed by atoms with van der Waals surface area (Å²) in [6, 6.07) is 5.26. The van der Waals surface area contributed by atoms with Crippen molar-refractivity contribution in [2.75, 3.05) is 12.4 Å². The van der Waals surface area contributed by atoms with Gasteiger partial charge in [-0.3, -0.25) is 10.1 Å². The van der Waals surface area contributed by atoms with E-state index in [-0.39, 0.29) is 5.91 Å². The number of benzene rings is 1. The van der Waals surface area contributed by atoms with Gasteiger partial charge in [0.2, 0.25) is 0 Å². The molecular weight excluding hydrogens is 316 g/mol. The Labute approximate surface area is 117 Å². The van der Waals surface area contributed by atoms with Gasteiger partial charge in [-0.1, -0.05) is 15.9 Å². The molecule has 0 saturated carbocycles. The van der Waals surface area contributed by atoms with E-state index in [1.807, 2.05) is 12.3 Å². The molecule has 0 unspecified atom stereocenters. The third kappa shape index (κ3) is 2.88. The highest BCUT2D eigenvalue weighted by Crippen LogP contribution is 2.25. The first kappa shape index (κ1) is 13.0. The Kier molecular flexibility index (Phi) is 3.98. The number of ether oxygens (including phenoxy) is 1. The zero-order chi connectivity index (χ0) is 13.1. The molecule has 1 heterocycles. The van der Waals surface area contributed by atoms with E-state index < -0.39 is 0 Å². The summed E-state index contributed by atoms with van der Waals surface area (Å²) in [6.45, 7) is 1.88. The number of methoxy groups -OCH3 is 1. The second kappa shape index (κ2) is 5.49. The number of hydrogen-bond acceptors (Lipinski definition) is 4. The number of hydrogen-bond donors (Lipinski definition) is 1. The van der Waals surface area contributed by atoms with Crippen molar-refractivity contribution >= 4 is 38.3 Å². The lowest BCUT2D eigenvalue weighted by Crippen LogP contribution is -2.13. The summed E-state index contributed by atoms with van der Waals surface area (Å²) in [5, 5.41) is 5.22. The Bertz CT molecular complexity index is 583. The molecule has 1 aromatic heterocycles. The Morgan fingerprint density at radius 3 is 2.89 bits per heavy atom. The lowest BCUT2D eigenvalue weighted by Gasteiger charge is -2.08. The average Bonchev–Trinajstić information content (AvgIpc) is 2.74. The fourth-order valence-corrected chi connectivity index (χ4v) is 2.45. The fraction of sp³-hybridized carbons (Fsp3) is 0.167. The quantitative estimate of drug-likeness (QED) is 0.939. The number of thiazole rings is 1. The maximum Gasteiger partial charge on any atom is 0.261 e. The first-order chi connectivity index (χ1) is 8.60. The van der Waals surface area contributed by atoms with Gasteiger partial charge in [0.25, 0.3) is 5.91 Å². The van der Waals surface area contributed by atoms with Crippen LogP contribution >= 0.6 is 27.3 Å². The van der Waals surface area contributed by atoms with Gasteiger partial charge in [-0.2, -0.15) is 0 Å². The summed E-state index contributed by atoms with van der Waals surface area (Å²) < 4.78 is 6.04. The number of nitrogens with zero attached hydrogens (tertiary/aromatic N) is 1. The van der Waals surface area contributed by atoms with E-state index >= 15 is 0 Å². The van der Waals surface area contributed by atoms with Gasteiger partial charge in [0, 0.05) is 9.85 Å². The van der Waals surface area contributed by atoms with Crippen molar-refractivity contribution in [1.82, 2.24) is 4.98 Å². The van der Waals surface area contributed by atoms with Crippen molar-refractivity contribution in [2.24, 2.45) is 0 Å². The number of aromatic nitrogens is 1. The minimum absolute atomic E-state index is 0.228. The minimum Gasteiger partial charge on any atom is -0.496 e. The molecule has 0 radical (unpaired) electrons. The Balaban J connectivity index is 2.23. The van der Waals surface area contributed by atoms with Crippen molar-refractivity contribution in [3.63, 3.8) is 0 Å². The zero-order valence-corrected chi connectivity index (χ0v) is 12.3. The van der Waals surface area contributed by atoms with Crippen molar-refractivity contribution in [3.8, 4) is 5.75 Å². The summed E-state index contributed by atoms with van der Waals surface area (Å²) in [5.74, 6) is 0.295. The van der Waals surface area contributed by atoms with Crippen molar-refractivity contribution in [2.45, 2.75) is 6.92 Å². The Morgan fingerprint density at radius 2 is 2.28 bits per heavy atom. The Hall–Kier alpha value is -1.40. The van der Waals surface area contributed by atoms with Crippen LogP contribution in [0.1, 0.15) is 16.1 Å². The van der Waals surface area contributed by atoms with E-state index in [9.17, 15) is 4.79 Å². The Morgan fingerprint density at radius 1 is 1.50 bits per heavy atom. The largest absolute Gasteiger partial charge is 0.496 e. The standard InChI is InChI=1S/C12H11BrN2O2S/c1-7-6-18-12(14-7)15-11(16)9-4-3-8(13)5-10(9)17-2/h3-6H,1-2H3,(H,14,15,16). The first-order valence-corrected chi connectivity index (χ1v) is 6.84. The normalized spacial score (nSPS) is 10.2. The summed E-state index contributed by atoms with van der Waals surface area (Å²) in [5.41, 5.74) is 1.37. The molecule has 1 aromatic carbocycles. The molecule has 0 saturated heterocycles. The van der Waals surface area contributed by atoms with Gasteiger partial charge in [0.05, 0.1) is 18.4 Å². The third-order valence-electron chi connectivity index (χ3n) is 2.25. The number of carbonyl (C=O) groups excluding carboxylic acids is 1. The smallest absolute Gasteiger partial charge is 0.261 e. The molecule has 2 rings (SSSR count). The summed E-state index contributed by atoms with van der Waals surface area (Å²) in [6.07, 6.45) is 0. The van der Waals surface area contributed by atoms with E-state index in [0.29, 0.717) is 16.4 Å². The van der Waals surface area contributed by atoms with E-state index in [1.54, 1.807) is 18.2 Å². The van der Waals surface area contributed by atoms with Crippen LogP contribution in [0.5, 0.6) is 5.75 Å². The van der Waals surface area contributed by atoms with Crippen LogP contribution in [0.25, 0.3) is 0 Å². The molecule has 0 fully saturated rings. The number of aryl methyl sites for hydroxylation is 1. The molecule has 0 aliphatic rings. The second-order valence-corrected chi connectivity index (χ2v) is 5.37. The molecule has 4 nitrogen and oxygen atoms in total.